The van der Waals surface area contributed by atoms with E-state index in [0.717, 1.165) is 18.8 Å². The lowest BCUT2D eigenvalue weighted by atomic mass is 10.1. The van der Waals surface area contributed by atoms with E-state index in [-0.39, 0.29) is 0 Å². The second-order valence-electron chi connectivity index (χ2n) is 5.69. The van der Waals surface area contributed by atoms with Gasteiger partial charge in [-0.25, -0.2) is 4.98 Å². The summed E-state index contributed by atoms with van der Waals surface area (Å²) >= 11 is 0. The zero-order valence-corrected chi connectivity index (χ0v) is 11.0. The highest BCUT2D eigenvalue weighted by atomic mass is 15.4. The number of imidazole rings is 1. The van der Waals surface area contributed by atoms with Gasteiger partial charge in [-0.2, -0.15) is 0 Å². The molecule has 4 heteroatoms. The lowest BCUT2D eigenvalue weighted by Gasteiger charge is -2.37. The van der Waals surface area contributed by atoms with E-state index in [2.05, 4.69) is 41.8 Å². The van der Waals surface area contributed by atoms with Crippen molar-refractivity contribution < 1.29 is 0 Å². The molecule has 1 aliphatic carbocycles. The highest BCUT2D eigenvalue weighted by Gasteiger charge is 2.30. The maximum atomic E-state index is 4.73. The summed E-state index contributed by atoms with van der Waals surface area (Å²) in [7, 11) is 0. The first-order valence-electron chi connectivity index (χ1n) is 6.70. The molecule has 1 aliphatic heterocycles. The second kappa shape index (κ2) is 4.02. The van der Waals surface area contributed by atoms with Crippen LogP contribution in [0.2, 0.25) is 0 Å². The van der Waals surface area contributed by atoms with Crippen molar-refractivity contribution in [3.63, 3.8) is 0 Å². The molecule has 4 nitrogen and oxygen atoms in total. The third-order valence-electron chi connectivity index (χ3n) is 3.61. The topological polar surface area (TPSA) is 33.1 Å². The van der Waals surface area contributed by atoms with Crippen LogP contribution in [0.1, 0.15) is 38.4 Å². The molecule has 0 radical (unpaired) electrons. The lowest BCUT2D eigenvalue weighted by molar-refractivity contribution is 0.400. The van der Waals surface area contributed by atoms with Gasteiger partial charge in [0.1, 0.15) is 0 Å². The van der Waals surface area contributed by atoms with E-state index in [1.807, 2.05) is 0 Å². The molecule has 2 fully saturated rings. The Morgan fingerprint density at radius 1 is 1.24 bits per heavy atom. The molecule has 0 bridgehead atoms. The SMILES string of the molecule is Cc1cn(C2CC2)c(N2CC(C)NC(C)C2)n1. The van der Waals surface area contributed by atoms with E-state index in [4.69, 9.17) is 4.98 Å². The minimum Gasteiger partial charge on any atom is -0.339 e. The van der Waals surface area contributed by atoms with Gasteiger partial charge in [0.05, 0.1) is 5.69 Å². The van der Waals surface area contributed by atoms with Crippen molar-refractivity contribution in [2.45, 2.75) is 51.7 Å². The van der Waals surface area contributed by atoms with Crippen LogP contribution in [0.5, 0.6) is 0 Å². The second-order valence-corrected chi connectivity index (χ2v) is 5.69. The van der Waals surface area contributed by atoms with E-state index in [0.29, 0.717) is 18.1 Å². The summed E-state index contributed by atoms with van der Waals surface area (Å²) < 4.78 is 2.39. The van der Waals surface area contributed by atoms with Gasteiger partial charge in [-0.1, -0.05) is 0 Å². The number of aromatic nitrogens is 2. The van der Waals surface area contributed by atoms with Crippen molar-refractivity contribution in [1.82, 2.24) is 14.9 Å². The number of hydrogen-bond donors (Lipinski definition) is 1. The molecule has 94 valence electrons. The number of anilines is 1. The number of nitrogens with zero attached hydrogens (tertiary/aromatic N) is 3. The number of piperazine rings is 1. The van der Waals surface area contributed by atoms with Gasteiger partial charge in [-0.15, -0.1) is 0 Å². The Morgan fingerprint density at radius 2 is 1.88 bits per heavy atom. The molecule has 2 unspecified atom stereocenters. The van der Waals surface area contributed by atoms with Gasteiger partial charge >= 0.3 is 0 Å². The van der Waals surface area contributed by atoms with Gasteiger partial charge in [0, 0.05) is 37.4 Å². The maximum absolute atomic E-state index is 4.73. The van der Waals surface area contributed by atoms with Gasteiger partial charge in [0.15, 0.2) is 0 Å². The first kappa shape index (κ1) is 11.1. The zero-order chi connectivity index (χ0) is 12.0. The van der Waals surface area contributed by atoms with Crippen molar-refractivity contribution in [3.05, 3.63) is 11.9 Å². The zero-order valence-electron chi connectivity index (χ0n) is 11.0. The highest BCUT2D eigenvalue weighted by molar-refractivity contribution is 5.36. The van der Waals surface area contributed by atoms with Crippen molar-refractivity contribution >= 4 is 5.95 Å². The van der Waals surface area contributed by atoms with Crippen LogP contribution in [-0.2, 0) is 0 Å². The number of aryl methyl sites for hydroxylation is 1. The average molecular weight is 234 g/mol. The molecular weight excluding hydrogens is 212 g/mol. The molecule has 1 aromatic rings. The molecule has 0 spiro atoms. The standard InChI is InChI=1S/C13H22N4/c1-9-6-16(7-10(2)14-9)13-15-11(3)8-17(13)12-4-5-12/h8-10,12,14H,4-7H2,1-3H3. The maximum Gasteiger partial charge on any atom is 0.206 e. The minimum atomic E-state index is 0.545. The van der Waals surface area contributed by atoms with E-state index < -0.39 is 0 Å². The Labute approximate surface area is 103 Å². The predicted molar refractivity (Wildman–Crippen MR) is 69.5 cm³/mol. The summed E-state index contributed by atoms with van der Waals surface area (Å²) in [5.74, 6) is 1.19. The fourth-order valence-corrected chi connectivity index (χ4v) is 2.85. The molecule has 0 amide bonds. The van der Waals surface area contributed by atoms with E-state index in [1.54, 1.807) is 0 Å². The number of nitrogens with one attached hydrogen (secondary N) is 1. The van der Waals surface area contributed by atoms with Crippen LogP contribution in [0.15, 0.2) is 6.20 Å². The van der Waals surface area contributed by atoms with Crippen LogP contribution in [0, 0.1) is 6.92 Å². The predicted octanol–water partition coefficient (Wildman–Crippen LogP) is 1.71. The third-order valence-corrected chi connectivity index (χ3v) is 3.61. The van der Waals surface area contributed by atoms with Crippen LogP contribution in [0.4, 0.5) is 5.95 Å². The Hall–Kier alpha value is -1.03. The van der Waals surface area contributed by atoms with Gasteiger partial charge in [-0.05, 0) is 33.6 Å². The van der Waals surface area contributed by atoms with Crippen LogP contribution >= 0.6 is 0 Å². The van der Waals surface area contributed by atoms with Gasteiger partial charge in [0.25, 0.3) is 0 Å². The highest BCUT2D eigenvalue weighted by Crippen LogP contribution is 2.38. The normalized spacial score (nSPS) is 29.7. The van der Waals surface area contributed by atoms with Crippen molar-refractivity contribution in [2.75, 3.05) is 18.0 Å². The van der Waals surface area contributed by atoms with Crippen molar-refractivity contribution in [1.29, 1.82) is 0 Å². The summed E-state index contributed by atoms with van der Waals surface area (Å²) in [5, 5.41) is 3.57. The molecule has 2 heterocycles. The molecule has 0 aromatic carbocycles. The summed E-state index contributed by atoms with van der Waals surface area (Å²) in [6, 6.07) is 1.80. The first-order chi connectivity index (χ1) is 8.13. The van der Waals surface area contributed by atoms with Crippen LogP contribution in [0.3, 0.4) is 0 Å². The van der Waals surface area contributed by atoms with Gasteiger partial charge < -0.3 is 14.8 Å². The molecule has 1 saturated heterocycles. The number of rotatable bonds is 2. The summed E-state index contributed by atoms with van der Waals surface area (Å²) in [6.07, 6.45) is 4.85. The largest absolute Gasteiger partial charge is 0.339 e. The monoisotopic (exact) mass is 234 g/mol. The lowest BCUT2D eigenvalue weighted by Crippen LogP contribution is -2.55. The fourth-order valence-electron chi connectivity index (χ4n) is 2.85. The van der Waals surface area contributed by atoms with Crippen molar-refractivity contribution in [3.8, 4) is 0 Å². The van der Waals surface area contributed by atoms with Crippen LogP contribution in [0.25, 0.3) is 0 Å². The van der Waals surface area contributed by atoms with E-state index in [1.165, 1.54) is 18.8 Å². The molecule has 2 aliphatic rings. The molecule has 3 rings (SSSR count). The Morgan fingerprint density at radius 3 is 2.47 bits per heavy atom. The first-order valence-corrected chi connectivity index (χ1v) is 6.70. The third kappa shape index (κ3) is 2.18. The molecule has 1 saturated carbocycles. The molecule has 2 atom stereocenters. The Bertz CT molecular complexity index is 398. The molecule has 1 N–H and O–H groups in total. The Kier molecular flexibility index (Phi) is 2.62. The van der Waals surface area contributed by atoms with Gasteiger partial charge in [0.2, 0.25) is 5.95 Å². The average Bonchev–Trinajstić information content (AvgIpc) is 3.00. The summed E-state index contributed by atoms with van der Waals surface area (Å²) in [6.45, 7) is 8.72. The molecular formula is C13H22N4. The van der Waals surface area contributed by atoms with E-state index in [9.17, 15) is 0 Å². The summed E-state index contributed by atoms with van der Waals surface area (Å²) in [4.78, 5) is 7.17. The molecule has 17 heavy (non-hydrogen) atoms. The van der Waals surface area contributed by atoms with Crippen LogP contribution in [-0.4, -0.2) is 34.7 Å². The van der Waals surface area contributed by atoms with Gasteiger partial charge in [-0.3, -0.25) is 0 Å². The Balaban J connectivity index is 1.86. The fraction of sp³-hybridized carbons (Fsp3) is 0.769. The minimum absolute atomic E-state index is 0.545. The smallest absolute Gasteiger partial charge is 0.206 e. The van der Waals surface area contributed by atoms with Crippen LogP contribution < -0.4 is 10.2 Å². The van der Waals surface area contributed by atoms with E-state index >= 15 is 0 Å². The summed E-state index contributed by atoms with van der Waals surface area (Å²) in [5.41, 5.74) is 1.14. The molecule has 1 aromatic heterocycles. The number of hydrogen-bond acceptors (Lipinski definition) is 3. The quantitative estimate of drug-likeness (QED) is 0.845. The van der Waals surface area contributed by atoms with Crippen molar-refractivity contribution in [2.24, 2.45) is 0 Å².